The first-order chi connectivity index (χ1) is 30.2. The lowest BCUT2D eigenvalue weighted by Crippen LogP contribution is -2.27. The van der Waals surface area contributed by atoms with Crippen LogP contribution in [0.15, 0.2) is 194 Å². The summed E-state index contributed by atoms with van der Waals surface area (Å²) >= 11 is 0. The number of nitrogens with zero attached hydrogens (tertiary/aromatic N) is 3. The first-order valence-corrected chi connectivity index (χ1v) is 21.7. The lowest BCUT2D eigenvalue weighted by atomic mass is 9.67. The van der Waals surface area contributed by atoms with Crippen molar-refractivity contribution in [1.29, 1.82) is 0 Å². The zero-order chi connectivity index (χ0) is 41.5. The number of rotatable bonds is 6. The Morgan fingerprint density at radius 3 is 1.70 bits per heavy atom. The smallest absolute Gasteiger partial charge is 0.164 e. The van der Waals surface area contributed by atoms with Gasteiger partial charge >= 0.3 is 0 Å². The van der Waals surface area contributed by atoms with Crippen LogP contribution in [0.5, 0.6) is 0 Å². The van der Waals surface area contributed by atoms with Gasteiger partial charge in [0.25, 0.3) is 0 Å². The molecule has 3 nitrogen and oxygen atoms in total. The van der Waals surface area contributed by atoms with Crippen molar-refractivity contribution in [2.75, 3.05) is 0 Å². The normalized spacial score (nSPS) is 14.5. The number of benzene rings is 7. The van der Waals surface area contributed by atoms with Crippen LogP contribution < -0.4 is 0 Å². The summed E-state index contributed by atoms with van der Waals surface area (Å²) < 4.78 is 0. The molecule has 8 aromatic rings. The van der Waals surface area contributed by atoms with Crippen LogP contribution in [-0.4, -0.2) is 15.0 Å². The maximum Gasteiger partial charge on any atom is 0.164 e. The van der Waals surface area contributed by atoms with Crippen molar-refractivity contribution in [3.63, 3.8) is 0 Å². The zero-order valence-corrected chi connectivity index (χ0v) is 35.2. The van der Waals surface area contributed by atoms with Crippen molar-refractivity contribution >= 4 is 21.9 Å². The van der Waals surface area contributed by atoms with Crippen LogP contribution in [-0.2, 0) is 5.41 Å². The van der Waals surface area contributed by atoms with Crippen molar-refractivity contribution in [3.8, 4) is 56.2 Å². The molecule has 0 aliphatic heterocycles. The van der Waals surface area contributed by atoms with Crippen molar-refractivity contribution in [2.45, 2.75) is 46.0 Å². The van der Waals surface area contributed by atoms with Gasteiger partial charge in [-0.1, -0.05) is 196 Å². The fraction of sp³-hybridized carbons (Fsp3) is 0.121. The molecule has 3 heteroatoms. The van der Waals surface area contributed by atoms with Gasteiger partial charge in [-0.05, 0) is 110 Å². The third-order valence-electron chi connectivity index (χ3n) is 12.5. The van der Waals surface area contributed by atoms with Gasteiger partial charge in [-0.15, -0.1) is 0 Å². The molecule has 7 aromatic carbocycles. The molecule has 1 heterocycles. The standard InChI is InChI=1S/C56H41N3.C2H6/c1-3-19-36(4-2)53-57-54(47-28-11-8-22-38(47)37-20-6-5-7-21-37)59-55(58-53)48-35-34-41(39-23-9-10-24-40(39)48)45-29-18-30-46-44-27-14-17-33-51(44)56(52(45)46)49-31-15-12-25-42(49)43-26-13-16-32-50(43)56;1-2/h3-13,15-16,18-35H,14,17H2,1-2H3;1-2H3/b19-3-,36-4+;. The van der Waals surface area contributed by atoms with E-state index in [1.54, 1.807) is 0 Å². The summed E-state index contributed by atoms with van der Waals surface area (Å²) in [6.07, 6.45) is 13.3. The van der Waals surface area contributed by atoms with E-state index < -0.39 is 5.41 Å². The Morgan fingerprint density at radius 2 is 1.02 bits per heavy atom. The maximum atomic E-state index is 5.32. The Morgan fingerprint density at radius 1 is 0.475 bits per heavy atom. The minimum atomic E-state index is -0.412. The van der Waals surface area contributed by atoms with Crippen LogP contribution in [0.3, 0.4) is 0 Å². The predicted molar refractivity (Wildman–Crippen MR) is 256 cm³/mol. The summed E-state index contributed by atoms with van der Waals surface area (Å²) in [5, 5.41) is 2.27. The summed E-state index contributed by atoms with van der Waals surface area (Å²) in [6.45, 7) is 8.06. The monoisotopic (exact) mass is 785 g/mol. The van der Waals surface area contributed by atoms with Gasteiger partial charge in [0.15, 0.2) is 17.5 Å². The van der Waals surface area contributed by atoms with E-state index >= 15 is 0 Å². The molecule has 3 aliphatic rings. The maximum absolute atomic E-state index is 5.32. The number of allylic oxidation sites excluding steroid dienone is 8. The zero-order valence-electron chi connectivity index (χ0n) is 35.2. The van der Waals surface area contributed by atoms with Crippen LogP contribution in [0.25, 0.3) is 78.1 Å². The van der Waals surface area contributed by atoms with Crippen LogP contribution in [0.1, 0.15) is 68.6 Å². The van der Waals surface area contributed by atoms with E-state index in [0.29, 0.717) is 17.5 Å². The quantitative estimate of drug-likeness (QED) is 0.158. The van der Waals surface area contributed by atoms with E-state index in [9.17, 15) is 0 Å². The molecule has 0 N–H and O–H groups in total. The minimum absolute atomic E-state index is 0.412. The second-order valence-corrected chi connectivity index (χ2v) is 15.6. The molecule has 3 aliphatic carbocycles. The number of hydrogen-bond donors (Lipinski definition) is 0. The fourth-order valence-corrected chi connectivity index (χ4v) is 10.1. The average Bonchev–Trinajstić information content (AvgIpc) is 3.81. The lowest BCUT2D eigenvalue weighted by molar-refractivity contribution is 0.784. The molecule has 0 fully saturated rings. The Bertz CT molecular complexity index is 3080. The molecule has 0 amide bonds. The molecule has 1 spiro atoms. The van der Waals surface area contributed by atoms with Gasteiger partial charge in [0.1, 0.15) is 0 Å². The number of fused-ring (bicyclic) bond motifs is 11. The molecule has 1 aromatic heterocycles. The Labute approximate surface area is 359 Å². The van der Waals surface area contributed by atoms with Gasteiger partial charge < -0.3 is 0 Å². The molecular weight excluding hydrogens is 739 g/mol. The molecular formula is C58H47N3. The van der Waals surface area contributed by atoms with Crippen LogP contribution >= 0.6 is 0 Å². The van der Waals surface area contributed by atoms with E-state index in [4.69, 9.17) is 15.0 Å². The van der Waals surface area contributed by atoms with Gasteiger partial charge in [-0.25, -0.2) is 15.0 Å². The molecule has 11 rings (SSSR count). The van der Waals surface area contributed by atoms with Crippen LogP contribution in [0.4, 0.5) is 0 Å². The summed E-state index contributed by atoms with van der Waals surface area (Å²) in [6, 6.07) is 57.3. The van der Waals surface area contributed by atoms with Gasteiger partial charge in [-0.2, -0.15) is 0 Å². The van der Waals surface area contributed by atoms with Crippen molar-refractivity contribution in [2.24, 2.45) is 0 Å². The highest BCUT2D eigenvalue weighted by molar-refractivity contribution is 6.08. The topological polar surface area (TPSA) is 38.7 Å². The van der Waals surface area contributed by atoms with Gasteiger partial charge in [-0.3, -0.25) is 0 Å². The molecule has 0 atom stereocenters. The molecule has 0 unspecified atom stereocenters. The largest absolute Gasteiger partial charge is 0.208 e. The Hall–Kier alpha value is -7.23. The second kappa shape index (κ2) is 15.7. The first-order valence-electron chi connectivity index (χ1n) is 21.7. The third-order valence-corrected chi connectivity index (χ3v) is 12.5. The van der Waals surface area contributed by atoms with Crippen LogP contribution in [0.2, 0.25) is 0 Å². The Kier molecular flexibility index (Phi) is 9.81. The average molecular weight is 786 g/mol. The molecule has 61 heavy (non-hydrogen) atoms. The highest BCUT2D eigenvalue weighted by Crippen LogP contribution is 2.66. The van der Waals surface area contributed by atoms with E-state index in [-0.39, 0.29) is 0 Å². The van der Waals surface area contributed by atoms with Crippen LogP contribution in [0, 0.1) is 0 Å². The van der Waals surface area contributed by atoms with E-state index in [1.807, 2.05) is 39.8 Å². The molecule has 0 radical (unpaired) electrons. The molecule has 0 saturated heterocycles. The minimum Gasteiger partial charge on any atom is -0.208 e. The highest BCUT2D eigenvalue weighted by Gasteiger charge is 2.54. The van der Waals surface area contributed by atoms with Crippen molar-refractivity contribution in [1.82, 2.24) is 15.0 Å². The third kappa shape index (κ3) is 5.91. The molecule has 0 bridgehead atoms. The van der Waals surface area contributed by atoms with Crippen molar-refractivity contribution < 1.29 is 0 Å². The van der Waals surface area contributed by atoms with E-state index in [2.05, 4.69) is 176 Å². The molecule has 294 valence electrons. The summed E-state index contributed by atoms with van der Waals surface area (Å²) in [5.74, 6) is 1.94. The van der Waals surface area contributed by atoms with Gasteiger partial charge in [0, 0.05) is 16.7 Å². The predicted octanol–water partition coefficient (Wildman–Crippen LogP) is 15.1. The molecule has 0 saturated carbocycles. The SMILES string of the molecule is C/C=C\C(=C/C)c1nc(-c2ccccc2-c2ccccc2)nc(-c2ccc(-c3cccc4c3C3(C5=CCCC=C54)c4ccccc4-c4ccccc43)c3ccccc23)n1.CC. The van der Waals surface area contributed by atoms with E-state index in [1.165, 1.54) is 61.0 Å². The number of hydrogen-bond acceptors (Lipinski definition) is 3. The second-order valence-electron chi connectivity index (χ2n) is 15.6. The lowest BCUT2D eigenvalue weighted by Gasteiger charge is -2.33. The Balaban J connectivity index is 0.00000220. The summed E-state index contributed by atoms with van der Waals surface area (Å²) in [5.41, 5.74) is 18.0. The first kappa shape index (κ1) is 38.0. The van der Waals surface area contributed by atoms with E-state index in [0.717, 1.165) is 46.1 Å². The highest BCUT2D eigenvalue weighted by atomic mass is 15.0. The van der Waals surface area contributed by atoms with Crippen molar-refractivity contribution in [3.05, 3.63) is 222 Å². The summed E-state index contributed by atoms with van der Waals surface area (Å²) in [7, 11) is 0. The number of aromatic nitrogens is 3. The van der Waals surface area contributed by atoms with Gasteiger partial charge in [0.05, 0.1) is 5.41 Å². The van der Waals surface area contributed by atoms with Gasteiger partial charge in [0.2, 0.25) is 0 Å². The summed E-state index contributed by atoms with van der Waals surface area (Å²) in [4.78, 5) is 15.7. The fourth-order valence-electron chi connectivity index (χ4n) is 10.1.